The van der Waals surface area contributed by atoms with Crippen LogP contribution in [-0.4, -0.2) is 42.9 Å². The van der Waals surface area contributed by atoms with Gasteiger partial charge in [0.2, 0.25) is 6.79 Å². The number of carbonyl (C=O) groups is 1. The second-order valence-corrected chi connectivity index (χ2v) is 4.89. The number of hydrogen-bond acceptors (Lipinski definition) is 4. The van der Waals surface area contributed by atoms with Gasteiger partial charge in [0.25, 0.3) is 0 Å². The third-order valence-electron chi connectivity index (χ3n) is 3.64. The lowest BCUT2D eigenvalue weighted by Crippen LogP contribution is -2.21. The lowest BCUT2D eigenvalue weighted by molar-refractivity contribution is -0.141. The van der Waals surface area contributed by atoms with E-state index >= 15 is 0 Å². The van der Waals surface area contributed by atoms with Crippen LogP contribution in [0.25, 0.3) is 0 Å². The molecule has 1 N–H and O–H groups in total. The number of carboxylic acid groups (broad SMARTS) is 1. The number of nitrogens with zero attached hydrogens (tertiary/aromatic N) is 1. The summed E-state index contributed by atoms with van der Waals surface area (Å²) in [5.74, 6) is 0.377. The number of ether oxygens (including phenoxy) is 2. The molecule has 1 saturated heterocycles. The van der Waals surface area contributed by atoms with E-state index in [4.69, 9.17) is 9.47 Å². The molecule has 2 aliphatic heterocycles. The van der Waals surface area contributed by atoms with Crippen LogP contribution in [0.4, 0.5) is 0 Å². The van der Waals surface area contributed by atoms with Crippen molar-refractivity contribution in [2.24, 2.45) is 5.92 Å². The molecule has 5 nitrogen and oxygen atoms in total. The monoisotopic (exact) mass is 249 g/mol. The van der Waals surface area contributed by atoms with Crippen LogP contribution < -0.4 is 9.47 Å². The molecule has 96 valence electrons. The van der Waals surface area contributed by atoms with Crippen molar-refractivity contribution in [3.63, 3.8) is 0 Å². The van der Waals surface area contributed by atoms with Gasteiger partial charge in [0.15, 0.2) is 11.5 Å². The lowest BCUT2D eigenvalue weighted by Gasteiger charge is -2.15. The van der Waals surface area contributed by atoms with Crippen LogP contribution in [0.2, 0.25) is 0 Å². The first kappa shape index (κ1) is 11.3. The number of rotatable bonds is 2. The molecule has 1 aromatic carbocycles. The van der Waals surface area contributed by atoms with Crippen LogP contribution in [0.15, 0.2) is 18.2 Å². The summed E-state index contributed by atoms with van der Waals surface area (Å²) in [6.45, 7) is 1.59. The molecule has 0 radical (unpaired) electrons. The summed E-state index contributed by atoms with van der Waals surface area (Å²) < 4.78 is 10.6. The molecule has 0 bridgehead atoms. The number of aliphatic carboxylic acids is 1. The highest BCUT2D eigenvalue weighted by atomic mass is 16.7. The summed E-state index contributed by atoms with van der Waals surface area (Å²) >= 11 is 0. The van der Waals surface area contributed by atoms with Crippen LogP contribution in [0, 0.1) is 5.92 Å². The van der Waals surface area contributed by atoms with Crippen LogP contribution in [0.1, 0.15) is 11.5 Å². The minimum Gasteiger partial charge on any atom is -0.481 e. The van der Waals surface area contributed by atoms with Gasteiger partial charge in [-0.05, 0) is 24.7 Å². The lowest BCUT2D eigenvalue weighted by atomic mass is 9.89. The first-order chi connectivity index (χ1) is 8.65. The maximum atomic E-state index is 11.3. The molecule has 0 spiro atoms. The predicted molar refractivity (Wildman–Crippen MR) is 63.9 cm³/mol. The Balaban J connectivity index is 1.91. The molecule has 5 heteroatoms. The van der Waals surface area contributed by atoms with E-state index in [0.29, 0.717) is 12.3 Å². The highest BCUT2D eigenvalue weighted by molar-refractivity contribution is 5.72. The SMILES string of the molecule is CN1C[C@@H](C(=O)O)[C@H](c2ccc3c(c2)OCO3)C1. The molecule has 1 fully saturated rings. The molecule has 0 saturated carbocycles. The van der Waals surface area contributed by atoms with E-state index in [9.17, 15) is 9.90 Å². The van der Waals surface area contributed by atoms with Gasteiger partial charge >= 0.3 is 5.97 Å². The third kappa shape index (κ3) is 1.80. The average molecular weight is 249 g/mol. The Morgan fingerprint density at radius 3 is 2.89 bits per heavy atom. The zero-order chi connectivity index (χ0) is 12.7. The molecule has 0 amide bonds. The highest BCUT2D eigenvalue weighted by Gasteiger charge is 2.37. The second-order valence-electron chi connectivity index (χ2n) is 4.89. The molecular formula is C13H15NO4. The molecular weight excluding hydrogens is 234 g/mol. The second kappa shape index (κ2) is 4.17. The van der Waals surface area contributed by atoms with Crippen molar-refractivity contribution in [2.75, 3.05) is 26.9 Å². The molecule has 0 aliphatic carbocycles. The Hall–Kier alpha value is -1.75. The Labute approximate surface area is 105 Å². The fraction of sp³-hybridized carbons (Fsp3) is 0.462. The minimum atomic E-state index is -0.734. The number of hydrogen-bond donors (Lipinski definition) is 1. The Kier molecular flexibility index (Phi) is 2.63. The summed E-state index contributed by atoms with van der Waals surface area (Å²) in [6.07, 6.45) is 0. The van der Waals surface area contributed by atoms with E-state index in [-0.39, 0.29) is 18.6 Å². The zero-order valence-corrected chi connectivity index (χ0v) is 10.1. The smallest absolute Gasteiger partial charge is 0.308 e. The van der Waals surface area contributed by atoms with Gasteiger partial charge in [-0.2, -0.15) is 0 Å². The van der Waals surface area contributed by atoms with Crippen molar-refractivity contribution in [1.82, 2.24) is 4.90 Å². The fourth-order valence-corrected chi connectivity index (χ4v) is 2.73. The Morgan fingerprint density at radius 2 is 2.11 bits per heavy atom. The fourth-order valence-electron chi connectivity index (χ4n) is 2.73. The molecule has 18 heavy (non-hydrogen) atoms. The Morgan fingerprint density at radius 1 is 1.33 bits per heavy atom. The average Bonchev–Trinajstić information content (AvgIpc) is 2.93. The molecule has 3 rings (SSSR count). The predicted octanol–water partition coefficient (Wildman–Crippen LogP) is 1.15. The van der Waals surface area contributed by atoms with Crippen LogP contribution in [0.3, 0.4) is 0 Å². The van der Waals surface area contributed by atoms with Gasteiger partial charge in [-0.3, -0.25) is 4.79 Å². The van der Waals surface area contributed by atoms with E-state index in [1.807, 2.05) is 30.1 Å². The van der Waals surface area contributed by atoms with Gasteiger partial charge in [0.1, 0.15) is 0 Å². The number of likely N-dealkylation sites (tertiary alicyclic amines) is 1. The molecule has 2 atom stereocenters. The quantitative estimate of drug-likeness (QED) is 0.852. The highest BCUT2D eigenvalue weighted by Crippen LogP contribution is 2.38. The van der Waals surface area contributed by atoms with Crippen molar-refractivity contribution in [3.8, 4) is 11.5 Å². The van der Waals surface area contributed by atoms with Crippen LogP contribution in [-0.2, 0) is 4.79 Å². The molecule has 0 unspecified atom stereocenters. The number of fused-ring (bicyclic) bond motifs is 1. The normalized spacial score (nSPS) is 26.5. The van der Waals surface area contributed by atoms with Gasteiger partial charge in [0.05, 0.1) is 5.92 Å². The molecule has 2 heterocycles. The summed E-state index contributed by atoms with van der Waals surface area (Å²) in [4.78, 5) is 13.3. The van der Waals surface area contributed by atoms with Crippen molar-refractivity contribution in [2.45, 2.75) is 5.92 Å². The van der Waals surface area contributed by atoms with E-state index < -0.39 is 5.97 Å². The van der Waals surface area contributed by atoms with Gasteiger partial charge in [-0.25, -0.2) is 0 Å². The largest absolute Gasteiger partial charge is 0.481 e. The zero-order valence-electron chi connectivity index (χ0n) is 10.1. The van der Waals surface area contributed by atoms with Gasteiger partial charge in [-0.15, -0.1) is 0 Å². The molecule has 2 aliphatic rings. The first-order valence-electron chi connectivity index (χ1n) is 5.96. The van der Waals surface area contributed by atoms with Crippen molar-refractivity contribution < 1.29 is 19.4 Å². The maximum Gasteiger partial charge on any atom is 0.308 e. The van der Waals surface area contributed by atoms with Gasteiger partial charge < -0.3 is 19.5 Å². The summed E-state index contributed by atoms with van der Waals surface area (Å²) in [7, 11) is 1.95. The van der Waals surface area contributed by atoms with Gasteiger partial charge in [-0.1, -0.05) is 6.07 Å². The standard InChI is InChI=1S/C13H15NO4/c1-14-5-9(10(6-14)13(15)16)8-2-3-11-12(4-8)18-7-17-11/h2-4,9-10H,5-7H2,1H3,(H,15,16)/t9-,10+/m0/s1. The van der Waals surface area contributed by atoms with Crippen molar-refractivity contribution in [1.29, 1.82) is 0 Å². The number of benzene rings is 1. The van der Waals surface area contributed by atoms with E-state index in [1.54, 1.807) is 0 Å². The maximum absolute atomic E-state index is 11.3. The summed E-state index contributed by atoms with van der Waals surface area (Å²) in [6, 6.07) is 5.70. The summed E-state index contributed by atoms with van der Waals surface area (Å²) in [5, 5.41) is 9.27. The van der Waals surface area contributed by atoms with E-state index in [0.717, 1.165) is 17.9 Å². The van der Waals surface area contributed by atoms with Crippen LogP contribution >= 0.6 is 0 Å². The van der Waals surface area contributed by atoms with Crippen LogP contribution in [0.5, 0.6) is 11.5 Å². The van der Waals surface area contributed by atoms with E-state index in [2.05, 4.69) is 0 Å². The first-order valence-corrected chi connectivity index (χ1v) is 5.96. The van der Waals surface area contributed by atoms with Gasteiger partial charge in [0, 0.05) is 19.0 Å². The number of likely N-dealkylation sites (N-methyl/N-ethyl adjacent to an activating group) is 1. The van der Waals surface area contributed by atoms with Crippen molar-refractivity contribution >= 4 is 5.97 Å². The topological polar surface area (TPSA) is 59.0 Å². The Bertz CT molecular complexity index is 488. The summed E-state index contributed by atoms with van der Waals surface area (Å²) in [5.41, 5.74) is 1.01. The molecule has 1 aromatic rings. The van der Waals surface area contributed by atoms with Crippen molar-refractivity contribution in [3.05, 3.63) is 23.8 Å². The van der Waals surface area contributed by atoms with E-state index in [1.165, 1.54) is 0 Å². The molecule has 0 aromatic heterocycles. The third-order valence-corrected chi connectivity index (χ3v) is 3.64. The number of carboxylic acids is 1. The minimum absolute atomic E-state index is 0.0157.